The highest BCUT2D eigenvalue weighted by atomic mass is 35.5. The molecule has 1 aromatic rings. The van der Waals surface area contributed by atoms with Crippen LogP contribution < -0.4 is 11.1 Å². The van der Waals surface area contributed by atoms with E-state index < -0.39 is 18.6 Å². The first-order chi connectivity index (χ1) is 9.17. The molecular weight excluding hydrogens is 305 g/mol. The van der Waals surface area contributed by atoms with E-state index in [9.17, 15) is 18.0 Å². The average Bonchev–Trinajstić information content (AvgIpc) is 2.25. The van der Waals surface area contributed by atoms with E-state index in [1.807, 2.05) is 13.8 Å². The molecule has 0 aliphatic carbocycles. The van der Waals surface area contributed by atoms with Gasteiger partial charge in [0.1, 0.15) is 0 Å². The smallest absolute Gasteiger partial charge is 0.325 e. The number of halogens is 4. The van der Waals surface area contributed by atoms with Crippen LogP contribution in [0.25, 0.3) is 0 Å². The summed E-state index contributed by atoms with van der Waals surface area (Å²) in [6.45, 7) is 3.88. The maximum Gasteiger partial charge on any atom is 0.393 e. The fourth-order valence-corrected chi connectivity index (χ4v) is 1.84. The summed E-state index contributed by atoms with van der Waals surface area (Å²) < 4.78 is 36.9. The van der Waals surface area contributed by atoms with Gasteiger partial charge in [-0.1, -0.05) is 26.0 Å². The van der Waals surface area contributed by atoms with Crippen LogP contribution in [0.3, 0.4) is 0 Å². The van der Waals surface area contributed by atoms with E-state index in [0.29, 0.717) is 12.1 Å². The summed E-state index contributed by atoms with van der Waals surface area (Å²) >= 11 is 0. The van der Waals surface area contributed by atoms with Crippen molar-refractivity contribution in [1.29, 1.82) is 0 Å². The SMILES string of the molecule is CC(C)C[C@H](N)C(=O)Nc1cccc(CC(F)(F)F)c1.Cl. The first-order valence-electron chi connectivity index (χ1n) is 6.39. The van der Waals surface area contributed by atoms with Crippen molar-refractivity contribution in [3.63, 3.8) is 0 Å². The van der Waals surface area contributed by atoms with Crippen LogP contribution >= 0.6 is 12.4 Å². The lowest BCUT2D eigenvalue weighted by Gasteiger charge is -2.15. The van der Waals surface area contributed by atoms with Gasteiger partial charge in [-0.15, -0.1) is 12.4 Å². The zero-order valence-electron chi connectivity index (χ0n) is 11.9. The third kappa shape index (κ3) is 7.92. The van der Waals surface area contributed by atoms with Crippen molar-refractivity contribution in [1.82, 2.24) is 0 Å². The molecule has 0 fully saturated rings. The summed E-state index contributed by atoms with van der Waals surface area (Å²) in [5.41, 5.74) is 6.15. The molecule has 0 heterocycles. The molecule has 0 saturated heterocycles. The summed E-state index contributed by atoms with van der Waals surface area (Å²) in [6, 6.07) is 5.04. The quantitative estimate of drug-likeness (QED) is 0.870. The van der Waals surface area contributed by atoms with Gasteiger partial charge >= 0.3 is 6.18 Å². The monoisotopic (exact) mass is 324 g/mol. The molecule has 1 atom stereocenters. The predicted molar refractivity (Wildman–Crippen MR) is 79.5 cm³/mol. The van der Waals surface area contributed by atoms with Crippen molar-refractivity contribution in [3.8, 4) is 0 Å². The van der Waals surface area contributed by atoms with Crippen LogP contribution in [0.5, 0.6) is 0 Å². The van der Waals surface area contributed by atoms with Gasteiger partial charge in [0.15, 0.2) is 0 Å². The Hall–Kier alpha value is -1.27. The maximum atomic E-state index is 12.3. The lowest BCUT2D eigenvalue weighted by atomic mass is 10.0. The number of benzene rings is 1. The Morgan fingerprint density at radius 3 is 2.48 bits per heavy atom. The number of alkyl halides is 3. The van der Waals surface area contributed by atoms with Gasteiger partial charge in [0.25, 0.3) is 0 Å². The van der Waals surface area contributed by atoms with Crippen molar-refractivity contribution in [2.75, 3.05) is 5.32 Å². The molecule has 0 aliphatic heterocycles. The van der Waals surface area contributed by atoms with Crippen LogP contribution in [0.4, 0.5) is 18.9 Å². The van der Waals surface area contributed by atoms with E-state index in [-0.39, 0.29) is 29.8 Å². The van der Waals surface area contributed by atoms with Gasteiger partial charge in [-0.2, -0.15) is 13.2 Å². The van der Waals surface area contributed by atoms with Gasteiger partial charge in [-0.05, 0) is 30.0 Å². The standard InChI is InChI=1S/C14H19F3N2O.ClH/c1-9(2)6-12(18)13(20)19-11-5-3-4-10(7-11)8-14(15,16)17;/h3-5,7,9,12H,6,8,18H2,1-2H3,(H,19,20);1H/t12-;/m0./s1. The lowest BCUT2D eigenvalue weighted by Crippen LogP contribution is -2.36. The Balaban J connectivity index is 0.00000400. The number of nitrogens with one attached hydrogen (secondary N) is 1. The van der Waals surface area contributed by atoms with E-state index in [1.165, 1.54) is 18.2 Å². The van der Waals surface area contributed by atoms with Crippen LogP contribution in [0.1, 0.15) is 25.8 Å². The van der Waals surface area contributed by atoms with Crippen molar-refractivity contribution < 1.29 is 18.0 Å². The number of anilines is 1. The zero-order chi connectivity index (χ0) is 15.3. The van der Waals surface area contributed by atoms with Crippen molar-refractivity contribution in [2.24, 2.45) is 11.7 Å². The highest BCUT2D eigenvalue weighted by Gasteiger charge is 2.27. The average molecular weight is 325 g/mol. The van der Waals surface area contributed by atoms with E-state index in [1.54, 1.807) is 6.07 Å². The Morgan fingerprint density at radius 1 is 1.33 bits per heavy atom. The highest BCUT2D eigenvalue weighted by Crippen LogP contribution is 2.23. The number of amides is 1. The summed E-state index contributed by atoms with van der Waals surface area (Å²) in [5, 5.41) is 2.54. The molecule has 0 saturated carbocycles. The molecule has 0 aliphatic rings. The molecule has 0 radical (unpaired) electrons. The first kappa shape index (κ1) is 19.7. The number of hydrogen-bond acceptors (Lipinski definition) is 2. The van der Waals surface area contributed by atoms with Gasteiger partial charge in [-0.3, -0.25) is 4.79 Å². The molecule has 1 rings (SSSR count). The van der Waals surface area contributed by atoms with Gasteiger partial charge in [0.05, 0.1) is 12.5 Å². The van der Waals surface area contributed by atoms with E-state index >= 15 is 0 Å². The number of hydrogen-bond donors (Lipinski definition) is 2. The normalized spacial score (nSPS) is 12.7. The largest absolute Gasteiger partial charge is 0.393 e. The molecule has 0 bridgehead atoms. The Labute approximate surface area is 128 Å². The number of nitrogens with two attached hydrogens (primary N) is 1. The van der Waals surface area contributed by atoms with E-state index in [0.717, 1.165) is 0 Å². The summed E-state index contributed by atoms with van der Waals surface area (Å²) in [4.78, 5) is 11.8. The summed E-state index contributed by atoms with van der Waals surface area (Å²) in [5.74, 6) is -0.116. The van der Waals surface area contributed by atoms with Crippen LogP contribution in [-0.4, -0.2) is 18.1 Å². The van der Waals surface area contributed by atoms with Gasteiger partial charge in [-0.25, -0.2) is 0 Å². The molecule has 1 aromatic carbocycles. The topological polar surface area (TPSA) is 55.1 Å². The Bertz CT molecular complexity index is 464. The highest BCUT2D eigenvalue weighted by molar-refractivity contribution is 5.94. The van der Waals surface area contributed by atoms with E-state index in [4.69, 9.17) is 5.73 Å². The number of carbonyl (C=O) groups excluding carboxylic acids is 1. The fraction of sp³-hybridized carbons (Fsp3) is 0.500. The van der Waals surface area contributed by atoms with E-state index in [2.05, 4.69) is 5.32 Å². The molecule has 0 spiro atoms. The summed E-state index contributed by atoms with van der Waals surface area (Å²) in [6.07, 6.45) is -4.76. The molecule has 1 amide bonds. The second kappa shape index (κ2) is 8.24. The molecule has 21 heavy (non-hydrogen) atoms. The van der Waals surface area contributed by atoms with Crippen molar-refractivity contribution >= 4 is 24.0 Å². The molecule has 3 N–H and O–H groups in total. The molecule has 7 heteroatoms. The van der Waals surface area contributed by atoms with Crippen LogP contribution in [0.2, 0.25) is 0 Å². The fourth-order valence-electron chi connectivity index (χ4n) is 1.84. The Kier molecular flexibility index (Phi) is 7.74. The molecule has 0 unspecified atom stereocenters. The molecule has 120 valence electrons. The summed E-state index contributed by atoms with van der Waals surface area (Å²) in [7, 11) is 0. The molecular formula is C14H20ClF3N2O. The third-order valence-electron chi connectivity index (χ3n) is 2.66. The maximum absolute atomic E-state index is 12.3. The minimum Gasteiger partial charge on any atom is -0.325 e. The minimum atomic E-state index is -4.27. The van der Waals surface area contributed by atoms with Gasteiger partial charge in [0, 0.05) is 5.69 Å². The van der Waals surface area contributed by atoms with Crippen LogP contribution in [0.15, 0.2) is 24.3 Å². The lowest BCUT2D eigenvalue weighted by molar-refractivity contribution is -0.127. The number of carbonyl (C=O) groups is 1. The second-order valence-electron chi connectivity index (χ2n) is 5.22. The first-order valence-corrected chi connectivity index (χ1v) is 6.39. The zero-order valence-corrected chi connectivity index (χ0v) is 12.7. The van der Waals surface area contributed by atoms with Crippen LogP contribution in [-0.2, 0) is 11.2 Å². The molecule has 0 aromatic heterocycles. The van der Waals surface area contributed by atoms with Crippen molar-refractivity contribution in [3.05, 3.63) is 29.8 Å². The third-order valence-corrected chi connectivity index (χ3v) is 2.66. The minimum absolute atomic E-state index is 0. The number of rotatable bonds is 5. The Morgan fingerprint density at radius 2 is 1.95 bits per heavy atom. The van der Waals surface area contributed by atoms with Crippen molar-refractivity contribution in [2.45, 2.75) is 38.9 Å². The molecule has 3 nitrogen and oxygen atoms in total. The van der Waals surface area contributed by atoms with Crippen LogP contribution in [0, 0.1) is 5.92 Å². The predicted octanol–water partition coefficient (Wildman–Crippen LogP) is 3.53. The van der Waals surface area contributed by atoms with Gasteiger partial charge < -0.3 is 11.1 Å². The van der Waals surface area contributed by atoms with Gasteiger partial charge in [0.2, 0.25) is 5.91 Å². The second-order valence-corrected chi connectivity index (χ2v) is 5.22.